The Kier molecular flexibility index (Phi) is 6.62. The highest BCUT2D eigenvalue weighted by Crippen LogP contribution is 2.28. The molecule has 158 valence electrons. The molecule has 0 radical (unpaired) electrons. The summed E-state index contributed by atoms with van der Waals surface area (Å²) in [4.78, 5) is 23.8. The van der Waals surface area contributed by atoms with Gasteiger partial charge in [-0.1, -0.05) is 60.7 Å². The summed E-state index contributed by atoms with van der Waals surface area (Å²) in [7, 11) is 0. The van der Waals surface area contributed by atoms with Crippen LogP contribution in [-0.4, -0.2) is 25.0 Å². The Morgan fingerprint density at radius 3 is 2.29 bits per heavy atom. The Balaban J connectivity index is 1.29. The Labute approximate surface area is 182 Å². The number of rotatable bonds is 8. The van der Waals surface area contributed by atoms with E-state index in [1.54, 1.807) is 6.07 Å². The van der Waals surface area contributed by atoms with Gasteiger partial charge in [-0.15, -0.1) is 0 Å². The van der Waals surface area contributed by atoms with Gasteiger partial charge in [0, 0.05) is 24.6 Å². The first kappa shape index (κ1) is 20.7. The van der Waals surface area contributed by atoms with Crippen LogP contribution in [0.3, 0.4) is 0 Å². The minimum Gasteiger partial charge on any atom is -0.484 e. The van der Waals surface area contributed by atoms with Gasteiger partial charge in [0.2, 0.25) is 5.91 Å². The molecule has 2 N–H and O–H groups in total. The lowest BCUT2D eigenvalue weighted by molar-refractivity contribution is -0.123. The molecule has 0 unspecified atom stereocenters. The van der Waals surface area contributed by atoms with Gasteiger partial charge in [0.1, 0.15) is 5.75 Å². The van der Waals surface area contributed by atoms with Crippen LogP contribution < -0.4 is 15.4 Å². The third kappa shape index (κ3) is 5.51. The number of amides is 2. The number of carbonyl (C=O) groups excluding carboxylic acids is 2. The normalized spacial score (nSPS) is 12.7. The van der Waals surface area contributed by atoms with E-state index in [1.165, 1.54) is 11.1 Å². The molecule has 0 fully saturated rings. The molecule has 0 aromatic heterocycles. The molecule has 1 heterocycles. The first-order chi connectivity index (χ1) is 15.2. The zero-order valence-electron chi connectivity index (χ0n) is 17.3. The van der Waals surface area contributed by atoms with Crippen LogP contribution >= 0.6 is 0 Å². The van der Waals surface area contributed by atoms with Crippen LogP contribution in [0.4, 0.5) is 5.69 Å². The van der Waals surface area contributed by atoms with E-state index in [2.05, 4.69) is 34.9 Å². The fourth-order valence-corrected chi connectivity index (χ4v) is 3.90. The molecule has 0 bridgehead atoms. The summed E-state index contributed by atoms with van der Waals surface area (Å²) in [6, 6.07) is 26.2. The summed E-state index contributed by atoms with van der Waals surface area (Å²) in [5.41, 5.74) is 4.33. The molecular weight excluding hydrogens is 388 g/mol. The second-order valence-electron chi connectivity index (χ2n) is 7.67. The van der Waals surface area contributed by atoms with Gasteiger partial charge in [-0.2, -0.15) is 0 Å². The molecule has 0 saturated heterocycles. The fraction of sp³-hybridized carbons (Fsp3) is 0.231. The Bertz CT molecular complexity index is 996. The Hall–Kier alpha value is -3.60. The van der Waals surface area contributed by atoms with E-state index >= 15 is 0 Å². The second kappa shape index (κ2) is 9.94. The predicted molar refractivity (Wildman–Crippen MR) is 121 cm³/mol. The van der Waals surface area contributed by atoms with Crippen LogP contribution in [0.2, 0.25) is 0 Å². The first-order valence-corrected chi connectivity index (χ1v) is 10.6. The van der Waals surface area contributed by atoms with Crippen LogP contribution in [0.15, 0.2) is 78.9 Å². The van der Waals surface area contributed by atoms with Crippen molar-refractivity contribution in [3.63, 3.8) is 0 Å². The maximum atomic E-state index is 12.3. The summed E-state index contributed by atoms with van der Waals surface area (Å²) in [5.74, 6) is 0.742. The highest BCUT2D eigenvalue weighted by atomic mass is 16.5. The molecule has 3 aromatic carbocycles. The zero-order chi connectivity index (χ0) is 21.5. The smallest absolute Gasteiger partial charge is 0.257 e. The monoisotopic (exact) mass is 414 g/mol. The SMILES string of the molecule is O=C(COc1ccc2c(c1)CCC(=O)N2)NCCC(c1ccccc1)c1ccccc1. The number of benzene rings is 3. The van der Waals surface area contributed by atoms with E-state index in [9.17, 15) is 9.59 Å². The maximum Gasteiger partial charge on any atom is 0.257 e. The van der Waals surface area contributed by atoms with Crippen LogP contribution in [0.5, 0.6) is 5.75 Å². The molecular formula is C26H26N2O3. The number of aryl methyl sites for hydroxylation is 1. The standard InChI is InChI=1S/C26H26N2O3/c29-25-14-11-21-17-22(12-13-24(21)28-25)31-18-26(30)27-16-15-23(19-7-3-1-4-8-19)20-9-5-2-6-10-20/h1-10,12-13,17,23H,11,14-16,18H2,(H,27,30)(H,28,29). The van der Waals surface area contributed by atoms with Gasteiger partial charge in [-0.3, -0.25) is 9.59 Å². The van der Waals surface area contributed by atoms with Crippen molar-refractivity contribution in [1.29, 1.82) is 0 Å². The van der Waals surface area contributed by atoms with Crippen LogP contribution in [0.1, 0.15) is 35.4 Å². The summed E-state index contributed by atoms with van der Waals surface area (Å²) in [6.45, 7) is 0.527. The molecule has 1 aliphatic heterocycles. The molecule has 5 heteroatoms. The van der Waals surface area contributed by atoms with E-state index in [-0.39, 0.29) is 24.3 Å². The van der Waals surface area contributed by atoms with Crippen molar-refractivity contribution in [3.8, 4) is 5.75 Å². The maximum absolute atomic E-state index is 12.3. The lowest BCUT2D eigenvalue weighted by Gasteiger charge is -2.19. The molecule has 0 aliphatic carbocycles. The highest BCUT2D eigenvalue weighted by Gasteiger charge is 2.16. The van der Waals surface area contributed by atoms with Gasteiger partial charge >= 0.3 is 0 Å². The molecule has 3 aromatic rings. The van der Waals surface area contributed by atoms with E-state index in [1.807, 2.05) is 48.5 Å². The van der Waals surface area contributed by atoms with E-state index in [0.29, 0.717) is 25.1 Å². The number of ether oxygens (including phenoxy) is 1. The van der Waals surface area contributed by atoms with Gasteiger partial charge in [-0.05, 0) is 47.7 Å². The molecule has 0 saturated carbocycles. The van der Waals surface area contributed by atoms with Crippen molar-refractivity contribution in [2.24, 2.45) is 0 Å². The van der Waals surface area contributed by atoms with Gasteiger partial charge < -0.3 is 15.4 Å². The summed E-state index contributed by atoms with van der Waals surface area (Å²) >= 11 is 0. The molecule has 31 heavy (non-hydrogen) atoms. The van der Waals surface area contributed by atoms with Crippen LogP contribution in [0, 0.1) is 0 Å². The van der Waals surface area contributed by atoms with Crippen molar-refractivity contribution in [2.45, 2.75) is 25.2 Å². The molecule has 2 amide bonds. The lowest BCUT2D eigenvalue weighted by atomic mass is 9.88. The Morgan fingerprint density at radius 2 is 1.61 bits per heavy atom. The quantitative estimate of drug-likeness (QED) is 0.578. The molecule has 4 rings (SSSR count). The minimum absolute atomic E-state index is 0.0323. The number of carbonyl (C=O) groups is 2. The second-order valence-corrected chi connectivity index (χ2v) is 7.67. The number of hydrogen-bond donors (Lipinski definition) is 2. The number of anilines is 1. The molecule has 5 nitrogen and oxygen atoms in total. The average Bonchev–Trinajstić information content (AvgIpc) is 2.81. The predicted octanol–water partition coefficient (Wildman–Crippen LogP) is 4.29. The van der Waals surface area contributed by atoms with Crippen molar-refractivity contribution >= 4 is 17.5 Å². The summed E-state index contributed by atoms with van der Waals surface area (Å²) in [6.07, 6.45) is 1.96. The first-order valence-electron chi connectivity index (χ1n) is 10.6. The number of fused-ring (bicyclic) bond motifs is 1. The Morgan fingerprint density at radius 1 is 0.935 bits per heavy atom. The summed E-state index contributed by atoms with van der Waals surface area (Å²) < 4.78 is 5.66. The van der Waals surface area contributed by atoms with Crippen molar-refractivity contribution in [3.05, 3.63) is 95.6 Å². The minimum atomic E-state index is -0.147. The number of hydrogen-bond acceptors (Lipinski definition) is 3. The highest BCUT2D eigenvalue weighted by molar-refractivity contribution is 5.94. The van der Waals surface area contributed by atoms with Gasteiger partial charge in [-0.25, -0.2) is 0 Å². The largest absolute Gasteiger partial charge is 0.484 e. The van der Waals surface area contributed by atoms with Crippen molar-refractivity contribution < 1.29 is 14.3 Å². The van der Waals surface area contributed by atoms with Crippen LogP contribution in [0.25, 0.3) is 0 Å². The topological polar surface area (TPSA) is 67.4 Å². The van der Waals surface area contributed by atoms with Gasteiger partial charge in [0.25, 0.3) is 5.91 Å². The third-order valence-electron chi connectivity index (χ3n) is 5.50. The molecule has 0 atom stereocenters. The van der Waals surface area contributed by atoms with E-state index < -0.39 is 0 Å². The van der Waals surface area contributed by atoms with Gasteiger partial charge in [0.05, 0.1) is 0 Å². The van der Waals surface area contributed by atoms with E-state index in [4.69, 9.17) is 4.74 Å². The summed E-state index contributed by atoms with van der Waals surface area (Å²) in [5, 5.41) is 5.81. The van der Waals surface area contributed by atoms with Gasteiger partial charge in [0.15, 0.2) is 6.61 Å². The average molecular weight is 415 g/mol. The van der Waals surface area contributed by atoms with Crippen molar-refractivity contribution in [2.75, 3.05) is 18.5 Å². The molecule has 0 spiro atoms. The lowest BCUT2D eigenvalue weighted by Crippen LogP contribution is -2.30. The van der Waals surface area contributed by atoms with E-state index in [0.717, 1.165) is 17.7 Å². The molecule has 1 aliphatic rings. The van der Waals surface area contributed by atoms with Crippen molar-refractivity contribution in [1.82, 2.24) is 5.32 Å². The third-order valence-corrected chi connectivity index (χ3v) is 5.50. The number of nitrogens with one attached hydrogen (secondary N) is 2. The zero-order valence-corrected chi connectivity index (χ0v) is 17.3. The van der Waals surface area contributed by atoms with Crippen LogP contribution in [-0.2, 0) is 16.0 Å². The fourth-order valence-electron chi connectivity index (χ4n) is 3.90.